The largest absolute Gasteiger partial charge is 0.274 e. The molecular formula is C44H44N4O4+2. The third-order valence-electron chi connectivity index (χ3n) is 9.83. The van der Waals surface area contributed by atoms with Gasteiger partial charge in [-0.1, -0.05) is 64.6 Å². The highest BCUT2D eigenvalue weighted by Gasteiger charge is 2.36. The van der Waals surface area contributed by atoms with Gasteiger partial charge in [-0.25, -0.2) is 4.57 Å². The van der Waals surface area contributed by atoms with E-state index >= 15 is 0 Å². The maximum Gasteiger partial charge on any atom is 0.261 e. The van der Waals surface area contributed by atoms with Crippen LogP contribution in [0, 0.1) is 0 Å². The number of fused-ring (bicyclic) bond motifs is 2. The zero-order chi connectivity index (χ0) is 37.3. The molecule has 2 aliphatic rings. The molecule has 8 heteroatoms. The summed E-state index contributed by atoms with van der Waals surface area (Å²) in [7, 11) is 3.75. The van der Waals surface area contributed by atoms with Crippen LogP contribution >= 0.6 is 0 Å². The van der Waals surface area contributed by atoms with E-state index in [1.807, 2.05) is 106 Å². The van der Waals surface area contributed by atoms with Gasteiger partial charge in [-0.15, -0.1) is 0 Å². The van der Waals surface area contributed by atoms with E-state index in [1.54, 1.807) is 31.5 Å². The Balaban J connectivity index is 0.00000112. The van der Waals surface area contributed by atoms with Crippen molar-refractivity contribution in [3.8, 4) is 0 Å². The molecule has 8 rings (SSSR count). The molecule has 0 bridgehead atoms. The van der Waals surface area contributed by atoms with Crippen LogP contribution in [0.4, 0.5) is 0 Å². The van der Waals surface area contributed by atoms with Crippen molar-refractivity contribution in [1.82, 2.24) is 9.80 Å². The van der Waals surface area contributed by atoms with E-state index in [9.17, 15) is 19.2 Å². The molecule has 0 saturated heterocycles. The second-order valence-corrected chi connectivity index (χ2v) is 12.4. The van der Waals surface area contributed by atoms with Crippen molar-refractivity contribution in [2.75, 3.05) is 20.1 Å². The molecule has 0 aliphatic carbocycles. The summed E-state index contributed by atoms with van der Waals surface area (Å²) in [4.78, 5) is 61.1. The number of aromatic nitrogens is 1. The second-order valence-electron chi connectivity index (χ2n) is 12.4. The number of carbonyl (C=O) groups is 4. The Bertz CT molecular complexity index is 2360. The monoisotopic (exact) mass is 692 g/mol. The number of carbonyl (C=O) groups excluding carboxylic acids is 4. The minimum Gasteiger partial charge on any atom is -0.274 e. The summed E-state index contributed by atoms with van der Waals surface area (Å²) in [5, 5.41) is 6.46. The normalized spacial score (nSPS) is 14.1. The fourth-order valence-corrected chi connectivity index (χ4v) is 7.40. The van der Waals surface area contributed by atoms with Gasteiger partial charge in [0.25, 0.3) is 23.6 Å². The maximum absolute atomic E-state index is 13.9. The average molecular weight is 693 g/mol. The van der Waals surface area contributed by atoms with Gasteiger partial charge in [-0.3, -0.25) is 34.0 Å². The number of amides is 4. The second kappa shape index (κ2) is 14.7. The van der Waals surface area contributed by atoms with Crippen LogP contribution in [-0.4, -0.2) is 59.8 Å². The molecule has 0 unspecified atom stereocenters. The van der Waals surface area contributed by atoms with Crippen LogP contribution in [0.2, 0.25) is 0 Å². The first-order chi connectivity index (χ1) is 25.3. The third kappa shape index (κ3) is 5.64. The summed E-state index contributed by atoms with van der Waals surface area (Å²) in [6, 6.07) is 18.9. The molecule has 0 fully saturated rings. The Morgan fingerprint density at radius 3 is 1.42 bits per heavy atom. The molecule has 2 aliphatic heterocycles. The van der Waals surface area contributed by atoms with E-state index in [0.717, 1.165) is 43.5 Å². The summed E-state index contributed by atoms with van der Waals surface area (Å²) in [5.41, 5.74) is 3.92. The average Bonchev–Trinajstić information content (AvgIpc) is 3.18. The molecule has 6 aromatic rings. The Morgan fingerprint density at radius 2 is 1.04 bits per heavy atom. The summed E-state index contributed by atoms with van der Waals surface area (Å²) in [6.07, 6.45) is 10.3. The van der Waals surface area contributed by atoms with E-state index in [0.29, 0.717) is 45.9 Å². The number of rotatable bonds is 8. The first kappa shape index (κ1) is 35.8. The zero-order valence-electron chi connectivity index (χ0n) is 30.7. The molecule has 0 saturated carbocycles. The lowest BCUT2D eigenvalue weighted by atomic mass is 9.82. The molecule has 262 valence electrons. The number of imide groups is 2. The highest BCUT2D eigenvalue weighted by Crippen LogP contribution is 2.46. The number of nitrogens with zero attached hydrogens (tertiary/aromatic N) is 3. The van der Waals surface area contributed by atoms with Crippen molar-refractivity contribution in [1.29, 1.82) is 0 Å². The molecule has 3 heterocycles. The fourth-order valence-electron chi connectivity index (χ4n) is 7.40. The highest BCUT2D eigenvalue weighted by molar-refractivity contribution is 6.41. The molecule has 1 aromatic heterocycles. The number of nitrogens with one attached hydrogen (secondary N) is 1. The minimum atomic E-state index is -0.325. The molecule has 0 atom stereocenters. The molecule has 0 radical (unpaired) electrons. The van der Waals surface area contributed by atoms with Gasteiger partial charge in [-0.05, 0) is 80.6 Å². The van der Waals surface area contributed by atoms with Crippen LogP contribution in [0.3, 0.4) is 0 Å². The molecule has 8 nitrogen and oxygen atoms in total. The van der Waals surface area contributed by atoms with Gasteiger partial charge in [0.05, 0.1) is 0 Å². The first-order valence-electron chi connectivity index (χ1n) is 18.0. The Morgan fingerprint density at radius 1 is 0.635 bits per heavy atom. The highest BCUT2D eigenvalue weighted by atomic mass is 16.2. The lowest BCUT2D eigenvalue weighted by molar-refractivity contribution is -0.671. The van der Waals surface area contributed by atoms with Crippen LogP contribution in [0.5, 0.6) is 0 Å². The van der Waals surface area contributed by atoms with Crippen LogP contribution in [0.25, 0.3) is 43.1 Å². The third-order valence-corrected chi connectivity index (χ3v) is 9.83. The number of pyridine rings is 1. The van der Waals surface area contributed by atoms with Crippen molar-refractivity contribution in [3.05, 3.63) is 125 Å². The number of benzene rings is 5. The van der Waals surface area contributed by atoms with E-state index < -0.39 is 0 Å². The van der Waals surface area contributed by atoms with Gasteiger partial charge >= 0.3 is 0 Å². The van der Waals surface area contributed by atoms with Crippen molar-refractivity contribution in [2.45, 2.75) is 40.5 Å². The lowest BCUT2D eigenvalue weighted by Crippen LogP contribution is -2.62. The van der Waals surface area contributed by atoms with Crippen LogP contribution < -0.4 is 9.56 Å². The summed E-state index contributed by atoms with van der Waals surface area (Å²) in [6.45, 7) is 12.4. The van der Waals surface area contributed by atoms with Crippen molar-refractivity contribution in [3.63, 3.8) is 0 Å². The predicted octanol–water partition coefficient (Wildman–Crippen LogP) is 6.33. The Labute approximate surface area is 303 Å². The summed E-state index contributed by atoms with van der Waals surface area (Å²) in [5.74, 6) is -1.26. The molecule has 5 aromatic carbocycles. The summed E-state index contributed by atoms with van der Waals surface area (Å²) >= 11 is 0. The van der Waals surface area contributed by atoms with Gasteiger partial charge in [-0.2, -0.15) is 0 Å². The standard InChI is InChI=1S/C40H31N4O4.2C2H6/c1-4-23(13-18-41-2)16-21-43-37(45)29-9-5-25-27-7-11-31-36-32(40(48)44(39(31)47)22-17-24-14-19-42(3)20-15-24)12-8-28(34(27)36)26-6-10-30(38(43)46)35(29)33(25)26;2*1-2/h4-15,18-20H,1,16-17,21-22H2,2-3H3;2*1-2H3/q+1;;/p+1/b23-13+,41-18?;;. The number of hydrogen-bond donors (Lipinski definition) is 1. The number of allylic oxidation sites excluding steroid dienone is 2. The predicted molar refractivity (Wildman–Crippen MR) is 208 cm³/mol. The molecule has 52 heavy (non-hydrogen) atoms. The quantitative estimate of drug-likeness (QED) is 0.0504. The van der Waals surface area contributed by atoms with Gasteiger partial charge in [0.2, 0.25) is 0 Å². The molecular weight excluding hydrogens is 649 g/mol. The number of aryl methyl sites for hydroxylation is 1. The molecule has 4 amide bonds. The van der Waals surface area contributed by atoms with Gasteiger partial charge < -0.3 is 0 Å². The van der Waals surface area contributed by atoms with Gasteiger partial charge in [0.15, 0.2) is 18.6 Å². The Hall–Kier alpha value is -6.02. The Kier molecular flexibility index (Phi) is 10.1. The first-order valence-corrected chi connectivity index (χ1v) is 18.0. The maximum atomic E-state index is 13.9. The molecule has 0 spiro atoms. The van der Waals surface area contributed by atoms with Crippen molar-refractivity contribution >= 4 is 72.9 Å². The lowest BCUT2D eigenvalue weighted by Gasteiger charge is -2.30. The van der Waals surface area contributed by atoms with Crippen molar-refractivity contribution < 1.29 is 28.7 Å². The zero-order valence-corrected chi connectivity index (χ0v) is 30.7. The molecule has 1 N–H and O–H groups in total. The van der Waals surface area contributed by atoms with Gasteiger partial charge in [0.1, 0.15) is 14.1 Å². The fraction of sp³-hybridized carbons (Fsp3) is 0.227. The smallest absolute Gasteiger partial charge is 0.261 e. The van der Waals surface area contributed by atoms with Crippen LogP contribution in [0.15, 0.2) is 97.4 Å². The van der Waals surface area contributed by atoms with E-state index in [4.69, 9.17) is 0 Å². The van der Waals surface area contributed by atoms with Crippen LogP contribution in [0.1, 0.15) is 81.1 Å². The van der Waals surface area contributed by atoms with Crippen molar-refractivity contribution in [2.24, 2.45) is 7.05 Å². The minimum absolute atomic E-state index is 0.231. The number of hydrogen-bond acceptors (Lipinski definition) is 4. The topological polar surface area (TPSA) is 92.6 Å². The van der Waals surface area contributed by atoms with E-state index in [2.05, 4.69) is 11.6 Å². The van der Waals surface area contributed by atoms with Gasteiger partial charge in [0, 0.05) is 64.3 Å². The van der Waals surface area contributed by atoms with E-state index in [-0.39, 0.29) is 36.7 Å². The SMILES string of the molecule is C=C/C(=C\C=[NH+]C)CCN1C(=O)c2ccc3c4ccc5c6c(ccc(c7ccc(c2c37)C1=O)c64)C(=O)N(CCc1cc[n+](C)cc1)C5=O.CC.CC. The van der Waals surface area contributed by atoms with E-state index in [1.165, 1.54) is 9.80 Å². The van der Waals surface area contributed by atoms with Crippen LogP contribution in [-0.2, 0) is 13.5 Å². The summed E-state index contributed by atoms with van der Waals surface area (Å²) < 4.78 is 1.94.